The van der Waals surface area contributed by atoms with Gasteiger partial charge in [0.25, 0.3) is 11.5 Å². The molecule has 0 aliphatic heterocycles. The van der Waals surface area contributed by atoms with Gasteiger partial charge >= 0.3 is 0 Å². The molecule has 0 saturated heterocycles. The van der Waals surface area contributed by atoms with E-state index in [9.17, 15) is 14.0 Å². The molecule has 4 nitrogen and oxygen atoms in total. The molecule has 0 radical (unpaired) electrons. The van der Waals surface area contributed by atoms with Gasteiger partial charge in [-0.05, 0) is 30.7 Å². The number of carbonyl (C=O) groups is 1. The van der Waals surface area contributed by atoms with Crippen LogP contribution in [0, 0.1) is 5.82 Å². The van der Waals surface area contributed by atoms with Crippen molar-refractivity contribution in [3.05, 3.63) is 69.9 Å². The van der Waals surface area contributed by atoms with Crippen molar-refractivity contribution in [1.82, 2.24) is 9.88 Å². The van der Waals surface area contributed by atoms with Gasteiger partial charge in [-0.2, -0.15) is 0 Å². The Morgan fingerprint density at radius 3 is 2.55 bits per heavy atom. The molecule has 2 aromatic rings. The van der Waals surface area contributed by atoms with E-state index >= 15 is 0 Å². The number of aromatic nitrogens is 1. The smallest absolute Gasteiger partial charge is 0.268 e. The SMILES string of the molecule is CCn1c(C(=O)NCc2ccc(F)cc2)cccc1=O. The zero-order chi connectivity index (χ0) is 14.5. The van der Waals surface area contributed by atoms with Gasteiger partial charge in [0.15, 0.2) is 0 Å². The minimum absolute atomic E-state index is 0.207. The van der Waals surface area contributed by atoms with E-state index in [1.54, 1.807) is 31.2 Å². The van der Waals surface area contributed by atoms with Crippen LogP contribution < -0.4 is 10.9 Å². The third-order valence-corrected chi connectivity index (χ3v) is 2.96. The molecule has 2 rings (SSSR count). The molecule has 0 spiro atoms. The molecule has 1 amide bonds. The summed E-state index contributed by atoms with van der Waals surface area (Å²) in [6.45, 7) is 2.52. The number of nitrogens with one attached hydrogen (secondary N) is 1. The Morgan fingerprint density at radius 2 is 1.90 bits per heavy atom. The van der Waals surface area contributed by atoms with Crippen LogP contribution >= 0.6 is 0 Å². The summed E-state index contributed by atoms with van der Waals surface area (Å²) in [7, 11) is 0. The van der Waals surface area contributed by atoms with Crippen LogP contribution in [-0.4, -0.2) is 10.5 Å². The fourth-order valence-corrected chi connectivity index (χ4v) is 1.92. The number of nitrogens with zero attached hydrogens (tertiary/aromatic N) is 1. The normalized spacial score (nSPS) is 10.3. The highest BCUT2D eigenvalue weighted by molar-refractivity contribution is 5.92. The predicted octanol–water partition coefficient (Wildman–Crippen LogP) is 1.94. The van der Waals surface area contributed by atoms with Gasteiger partial charge in [0.1, 0.15) is 11.5 Å². The lowest BCUT2D eigenvalue weighted by molar-refractivity contribution is 0.0940. The number of carbonyl (C=O) groups excluding carboxylic acids is 1. The molecular formula is C15H15FN2O2. The number of halogens is 1. The van der Waals surface area contributed by atoms with Crippen molar-refractivity contribution < 1.29 is 9.18 Å². The highest BCUT2D eigenvalue weighted by atomic mass is 19.1. The molecule has 104 valence electrons. The molecule has 1 aromatic heterocycles. The van der Waals surface area contributed by atoms with Gasteiger partial charge in [-0.1, -0.05) is 18.2 Å². The van der Waals surface area contributed by atoms with E-state index in [1.807, 2.05) is 0 Å². The van der Waals surface area contributed by atoms with Crippen LogP contribution in [0.25, 0.3) is 0 Å². The number of hydrogen-bond donors (Lipinski definition) is 1. The van der Waals surface area contributed by atoms with Crippen molar-refractivity contribution in [2.75, 3.05) is 0 Å². The summed E-state index contributed by atoms with van der Waals surface area (Å²) in [5.41, 5.74) is 0.908. The molecule has 0 bridgehead atoms. The van der Waals surface area contributed by atoms with Crippen molar-refractivity contribution in [3.8, 4) is 0 Å². The van der Waals surface area contributed by atoms with E-state index in [-0.39, 0.29) is 23.8 Å². The number of pyridine rings is 1. The van der Waals surface area contributed by atoms with Crippen LogP contribution in [0.4, 0.5) is 4.39 Å². The number of hydrogen-bond acceptors (Lipinski definition) is 2. The van der Waals surface area contributed by atoms with Gasteiger partial charge in [0, 0.05) is 19.2 Å². The van der Waals surface area contributed by atoms with E-state index in [1.165, 1.54) is 22.8 Å². The number of benzene rings is 1. The molecule has 1 heterocycles. The fourth-order valence-electron chi connectivity index (χ4n) is 1.92. The molecule has 0 saturated carbocycles. The third-order valence-electron chi connectivity index (χ3n) is 2.96. The first kappa shape index (κ1) is 14.0. The first-order chi connectivity index (χ1) is 9.61. The van der Waals surface area contributed by atoms with Gasteiger partial charge < -0.3 is 9.88 Å². The van der Waals surface area contributed by atoms with Crippen molar-refractivity contribution in [1.29, 1.82) is 0 Å². The lowest BCUT2D eigenvalue weighted by Crippen LogP contribution is -2.31. The van der Waals surface area contributed by atoms with Gasteiger partial charge in [0.2, 0.25) is 0 Å². The minimum Gasteiger partial charge on any atom is -0.347 e. The summed E-state index contributed by atoms with van der Waals surface area (Å²) in [5.74, 6) is -0.642. The van der Waals surface area contributed by atoms with Crippen molar-refractivity contribution >= 4 is 5.91 Å². The van der Waals surface area contributed by atoms with Crippen LogP contribution in [0.3, 0.4) is 0 Å². The Labute approximate surface area is 115 Å². The van der Waals surface area contributed by atoms with Gasteiger partial charge in [-0.3, -0.25) is 9.59 Å². The van der Waals surface area contributed by atoms with E-state index in [0.717, 1.165) is 5.56 Å². The lowest BCUT2D eigenvalue weighted by atomic mass is 10.2. The average molecular weight is 274 g/mol. The molecule has 0 fully saturated rings. The summed E-state index contributed by atoms with van der Waals surface area (Å²) in [5, 5.41) is 2.72. The zero-order valence-corrected chi connectivity index (χ0v) is 11.1. The summed E-state index contributed by atoms with van der Waals surface area (Å²) < 4.78 is 14.2. The van der Waals surface area contributed by atoms with E-state index < -0.39 is 0 Å². The second-order valence-corrected chi connectivity index (χ2v) is 4.30. The maximum absolute atomic E-state index is 12.8. The Hall–Kier alpha value is -2.43. The van der Waals surface area contributed by atoms with Crippen LogP contribution in [-0.2, 0) is 13.1 Å². The topological polar surface area (TPSA) is 51.1 Å². The summed E-state index contributed by atoms with van der Waals surface area (Å²) in [6, 6.07) is 10.5. The Morgan fingerprint density at radius 1 is 1.20 bits per heavy atom. The van der Waals surface area contributed by atoms with Gasteiger partial charge in [-0.25, -0.2) is 4.39 Å². The summed E-state index contributed by atoms with van der Waals surface area (Å²) in [6.07, 6.45) is 0. The van der Waals surface area contributed by atoms with Crippen LogP contribution in [0.1, 0.15) is 23.0 Å². The highest BCUT2D eigenvalue weighted by Crippen LogP contribution is 2.03. The zero-order valence-electron chi connectivity index (χ0n) is 11.1. The van der Waals surface area contributed by atoms with Crippen molar-refractivity contribution in [2.24, 2.45) is 0 Å². The number of rotatable bonds is 4. The first-order valence-corrected chi connectivity index (χ1v) is 6.34. The number of amides is 1. The quantitative estimate of drug-likeness (QED) is 0.926. The minimum atomic E-state index is -0.325. The van der Waals surface area contributed by atoms with Gasteiger partial charge in [-0.15, -0.1) is 0 Å². The Balaban J connectivity index is 2.11. The molecule has 0 aliphatic carbocycles. The Bertz CT molecular complexity index is 662. The highest BCUT2D eigenvalue weighted by Gasteiger charge is 2.10. The summed E-state index contributed by atoms with van der Waals surface area (Å²) >= 11 is 0. The predicted molar refractivity (Wildman–Crippen MR) is 73.9 cm³/mol. The van der Waals surface area contributed by atoms with Crippen LogP contribution in [0.5, 0.6) is 0 Å². The first-order valence-electron chi connectivity index (χ1n) is 6.34. The third kappa shape index (κ3) is 3.12. The molecule has 20 heavy (non-hydrogen) atoms. The molecular weight excluding hydrogens is 259 g/mol. The fraction of sp³-hybridized carbons (Fsp3) is 0.200. The Kier molecular flexibility index (Phi) is 4.30. The second-order valence-electron chi connectivity index (χ2n) is 4.30. The second kappa shape index (κ2) is 6.14. The average Bonchev–Trinajstić information content (AvgIpc) is 2.46. The van der Waals surface area contributed by atoms with Crippen molar-refractivity contribution in [3.63, 3.8) is 0 Å². The molecule has 0 aliphatic rings. The molecule has 1 N–H and O–H groups in total. The molecule has 5 heteroatoms. The monoisotopic (exact) mass is 274 g/mol. The largest absolute Gasteiger partial charge is 0.347 e. The van der Waals surface area contributed by atoms with E-state index in [2.05, 4.69) is 5.32 Å². The maximum Gasteiger partial charge on any atom is 0.268 e. The molecule has 0 unspecified atom stereocenters. The molecule has 1 aromatic carbocycles. The van der Waals surface area contributed by atoms with Crippen LogP contribution in [0.2, 0.25) is 0 Å². The maximum atomic E-state index is 12.8. The van der Waals surface area contributed by atoms with E-state index in [0.29, 0.717) is 12.2 Å². The van der Waals surface area contributed by atoms with Crippen LogP contribution in [0.15, 0.2) is 47.3 Å². The molecule has 0 atom stereocenters. The van der Waals surface area contributed by atoms with Crippen molar-refractivity contribution in [2.45, 2.75) is 20.0 Å². The summed E-state index contributed by atoms with van der Waals surface area (Å²) in [4.78, 5) is 23.7. The lowest BCUT2D eigenvalue weighted by Gasteiger charge is -2.10. The standard InChI is InChI=1S/C15H15FN2O2/c1-2-18-13(4-3-5-14(18)19)15(20)17-10-11-6-8-12(16)9-7-11/h3-9H,2,10H2,1H3,(H,17,20). The van der Waals surface area contributed by atoms with Gasteiger partial charge in [0.05, 0.1) is 0 Å². The van der Waals surface area contributed by atoms with E-state index in [4.69, 9.17) is 0 Å².